The van der Waals surface area contributed by atoms with Crippen molar-refractivity contribution in [3.63, 3.8) is 0 Å². The zero-order valence-electron chi connectivity index (χ0n) is 22.9. The average molecular weight is 490 g/mol. The van der Waals surface area contributed by atoms with E-state index in [4.69, 9.17) is 5.73 Å². The molecule has 202 valence electrons. The van der Waals surface area contributed by atoms with E-state index in [2.05, 4.69) is 24.1 Å². The molecule has 1 aliphatic heterocycles. The Bertz CT molecular complexity index is 615. The lowest BCUT2D eigenvalue weighted by atomic mass is 10.0. The van der Waals surface area contributed by atoms with Gasteiger partial charge in [0.15, 0.2) is 0 Å². The Balaban J connectivity index is 1.86. The second kappa shape index (κ2) is 21.8. The summed E-state index contributed by atoms with van der Waals surface area (Å²) in [7, 11) is 0. The monoisotopic (exact) mass is 489 g/mol. The van der Waals surface area contributed by atoms with Crippen LogP contribution in [0, 0.1) is 0 Å². The number of unbranched alkanes of at least 4 members (excludes halogenated alkanes) is 17. The van der Waals surface area contributed by atoms with Crippen LogP contribution in [0.4, 0.5) is 0 Å². The second-order valence-corrected chi connectivity index (χ2v) is 10.3. The third kappa shape index (κ3) is 16.0. The van der Waals surface area contributed by atoms with E-state index in [1.165, 1.54) is 116 Å². The van der Waals surface area contributed by atoms with Crippen molar-refractivity contribution in [2.75, 3.05) is 19.6 Å². The standard InChI is InChI=1S/C30H55N3O2/c1-2-3-4-5-6-7-8-9-10-11-12-13-14-15-16-17-18-19-20-21-22-23-29-32-25-27-33(29,26-24-31)28-30(34)35/h3-4,25,27H,2,5-24,26,28,31H2,1H3/b4-3+. The van der Waals surface area contributed by atoms with Gasteiger partial charge in [-0.05, 0) is 25.7 Å². The van der Waals surface area contributed by atoms with Crippen LogP contribution in [0.15, 0.2) is 29.5 Å². The number of carboxylic acid groups (broad SMARTS) is 1. The van der Waals surface area contributed by atoms with E-state index in [9.17, 15) is 9.90 Å². The molecule has 0 aliphatic carbocycles. The summed E-state index contributed by atoms with van der Waals surface area (Å²) in [4.78, 5) is 15.6. The topological polar surface area (TPSA) is 78.5 Å². The van der Waals surface area contributed by atoms with Crippen molar-refractivity contribution in [2.24, 2.45) is 10.7 Å². The number of nitrogens with zero attached hydrogens (tertiary/aromatic N) is 2. The van der Waals surface area contributed by atoms with E-state index < -0.39 is 5.97 Å². The molecule has 0 aromatic heterocycles. The molecule has 5 heteroatoms. The molecule has 1 heterocycles. The molecule has 0 radical (unpaired) electrons. The molecule has 1 unspecified atom stereocenters. The summed E-state index contributed by atoms with van der Waals surface area (Å²) in [5.74, 6) is -0.121. The van der Waals surface area contributed by atoms with Crippen molar-refractivity contribution < 1.29 is 14.4 Å². The van der Waals surface area contributed by atoms with Crippen LogP contribution in [0.25, 0.3) is 0 Å². The summed E-state index contributed by atoms with van der Waals surface area (Å²) >= 11 is 0. The largest absolute Gasteiger partial charge is 0.544 e. The number of quaternary nitrogens is 1. The summed E-state index contributed by atoms with van der Waals surface area (Å²) in [6, 6.07) is 0. The minimum absolute atomic E-state index is 0.0655. The maximum Gasteiger partial charge on any atom is 0.207 e. The van der Waals surface area contributed by atoms with Crippen LogP contribution in [0.5, 0.6) is 0 Å². The Hall–Kier alpha value is -1.46. The molecule has 0 aromatic carbocycles. The lowest BCUT2D eigenvalue weighted by Crippen LogP contribution is -2.55. The number of carbonyl (C=O) groups is 1. The van der Waals surface area contributed by atoms with E-state index >= 15 is 0 Å². The summed E-state index contributed by atoms with van der Waals surface area (Å²) < 4.78 is 0.246. The molecule has 35 heavy (non-hydrogen) atoms. The molecular weight excluding hydrogens is 434 g/mol. The highest BCUT2D eigenvalue weighted by Crippen LogP contribution is 2.21. The van der Waals surface area contributed by atoms with Gasteiger partial charge in [0.05, 0.1) is 12.2 Å². The predicted molar refractivity (Wildman–Crippen MR) is 148 cm³/mol. The van der Waals surface area contributed by atoms with Crippen molar-refractivity contribution in [2.45, 2.75) is 135 Å². The van der Waals surface area contributed by atoms with Gasteiger partial charge in [0.1, 0.15) is 19.3 Å². The van der Waals surface area contributed by atoms with Gasteiger partial charge in [-0.3, -0.25) is 0 Å². The number of hydrogen-bond acceptors (Lipinski definition) is 4. The van der Waals surface area contributed by atoms with E-state index in [1.807, 2.05) is 6.20 Å². The normalized spacial score (nSPS) is 17.5. The molecule has 0 bridgehead atoms. The fourth-order valence-corrected chi connectivity index (χ4v) is 5.10. The van der Waals surface area contributed by atoms with Crippen LogP contribution >= 0.6 is 0 Å². The van der Waals surface area contributed by atoms with Gasteiger partial charge < -0.3 is 15.6 Å². The summed E-state index contributed by atoms with van der Waals surface area (Å²) in [6.45, 7) is 3.14. The Labute approximate surface area is 216 Å². The highest BCUT2D eigenvalue weighted by molar-refractivity contribution is 5.80. The molecule has 0 aromatic rings. The molecule has 1 rings (SSSR count). The summed E-state index contributed by atoms with van der Waals surface area (Å²) in [5.41, 5.74) is 5.72. The number of carbonyl (C=O) groups excluding carboxylic acids is 1. The zero-order chi connectivity index (χ0) is 25.5. The number of aliphatic carboxylic acids is 1. The van der Waals surface area contributed by atoms with Crippen LogP contribution in [0.3, 0.4) is 0 Å². The van der Waals surface area contributed by atoms with Gasteiger partial charge in [-0.25, -0.2) is 9.48 Å². The van der Waals surface area contributed by atoms with Crippen LogP contribution in [-0.2, 0) is 4.79 Å². The van der Waals surface area contributed by atoms with Crippen molar-refractivity contribution in [1.29, 1.82) is 0 Å². The van der Waals surface area contributed by atoms with Gasteiger partial charge in [-0.2, -0.15) is 0 Å². The third-order valence-electron chi connectivity index (χ3n) is 7.20. The Kier molecular flexibility index (Phi) is 19.7. The molecule has 0 saturated carbocycles. The highest BCUT2D eigenvalue weighted by atomic mass is 16.4. The van der Waals surface area contributed by atoms with Crippen molar-refractivity contribution in [3.8, 4) is 0 Å². The smallest absolute Gasteiger partial charge is 0.207 e. The lowest BCUT2D eigenvalue weighted by Gasteiger charge is -2.32. The molecule has 0 amide bonds. The minimum atomic E-state index is -1.05. The van der Waals surface area contributed by atoms with E-state index in [0.717, 1.165) is 18.7 Å². The fourth-order valence-electron chi connectivity index (χ4n) is 5.10. The Morgan fingerprint density at radius 1 is 0.829 bits per heavy atom. The van der Waals surface area contributed by atoms with Crippen molar-refractivity contribution in [3.05, 3.63) is 24.6 Å². The maximum absolute atomic E-state index is 11.2. The van der Waals surface area contributed by atoms with Gasteiger partial charge in [-0.15, -0.1) is 0 Å². The number of amidine groups is 1. The summed E-state index contributed by atoms with van der Waals surface area (Å²) in [6.07, 6.45) is 34.5. The number of allylic oxidation sites excluding steroid dienone is 2. The number of aliphatic imine (C=N–C) groups is 1. The Morgan fingerprint density at radius 2 is 1.31 bits per heavy atom. The van der Waals surface area contributed by atoms with Gasteiger partial charge >= 0.3 is 0 Å². The number of carboxylic acids is 1. The first-order valence-electron chi connectivity index (χ1n) is 14.8. The van der Waals surface area contributed by atoms with E-state index in [-0.39, 0.29) is 11.0 Å². The predicted octanol–water partition coefficient (Wildman–Crippen LogP) is 6.77. The first-order valence-corrected chi connectivity index (χ1v) is 14.8. The lowest BCUT2D eigenvalue weighted by molar-refractivity contribution is -0.780. The average Bonchev–Trinajstić information content (AvgIpc) is 3.21. The zero-order valence-corrected chi connectivity index (χ0v) is 22.9. The van der Waals surface area contributed by atoms with Crippen LogP contribution in [-0.4, -0.2) is 35.9 Å². The molecule has 2 N–H and O–H groups in total. The van der Waals surface area contributed by atoms with Crippen LogP contribution in [0.2, 0.25) is 0 Å². The first-order chi connectivity index (χ1) is 17.1. The van der Waals surface area contributed by atoms with Crippen molar-refractivity contribution in [1.82, 2.24) is 0 Å². The molecule has 0 saturated heterocycles. The molecule has 1 atom stereocenters. The Morgan fingerprint density at radius 3 is 1.77 bits per heavy atom. The highest BCUT2D eigenvalue weighted by Gasteiger charge is 2.34. The minimum Gasteiger partial charge on any atom is -0.544 e. The van der Waals surface area contributed by atoms with Crippen molar-refractivity contribution >= 4 is 11.8 Å². The van der Waals surface area contributed by atoms with Gasteiger partial charge in [-0.1, -0.05) is 115 Å². The molecular formula is C30H55N3O2. The third-order valence-corrected chi connectivity index (χ3v) is 7.20. The first kappa shape index (κ1) is 31.6. The van der Waals surface area contributed by atoms with Crippen LogP contribution in [0.1, 0.15) is 135 Å². The SMILES string of the molecule is CC/C=C/CCCCCCCCCCCCCCCCCCCC1=NC=C[N+]1(CCN)CC(=O)[O-]. The molecule has 1 aliphatic rings. The molecule has 0 fully saturated rings. The number of hydrogen-bond donors (Lipinski definition) is 1. The maximum atomic E-state index is 11.2. The molecule has 0 spiro atoms. The number of rotatable bonds is 25. The van der Waals surface area contributed by atoms with Gasteiger partial charge in [0.25, 0.3) is 0 Å². The molecule has 5 nitrogen and oxygen atoms in total. The van der Waals surface area contributed by atoms with E-state index in [0.29, 0.717) is 13.1 Å². The fraction of sp³-hybridized carbons (Fsp3) is 0.800. The van der Waals surface area contributed by atoms with E-state index in [1.54, 1.807) is 6.20 Å². The summed E-state index contributed by atoms with van der Waals surface area (Å²) in [5, 5.41) is 11.2. The quantitative estimate of drug-likeness (QED) is 0.0872. The second-order valence-electron chi connectivity index (χ2n) is 10.3. The van der Waals surface area contributed by atoms with Crippen LogP contribution < -0.4 is 10.8 Å². The van der Waals surface area contributed by atoms with Gasteiger partial charge in [0.2, 0.25) is 5.84 Å². The number of nitrogens with two attached hydrogens (primary N) is 1. The van der Waals surface area contributed by atoms with Gasteiger partial charge in [0, 0.05) is 13.0 Å².